The molecule has 0 saturated carbocycles. The molecule has 0 atom stereocenters. The molecule has 2 heterocycles. The van der Waals surface area contributed by atoms with E-state index in [0.29, 0.717) is 25.9 Å². The Labute approximate surface area is 107 Å². The number of hydrogen-bond donors (Lipinski definition) is 1. The maximum atomic E-state index is 11.5. The molecule has 6 nitrogen and oxygen atoms in total. The maximum Gasteiger partial charge on any atom is 0.221 e. The van der Waals surface area contributed by atoms with Crippen LogP contribution in [0.1, 0.15) is 18.4 Å². The van der Waals surface area contributed by atoms with Crippen LogP contribution in [0.25, 0.3) is 0 Å². The lowest BCUT2D eigenvalue weighted by Gasteiger charge is -2.32. The summed E-state index contributed by atoms with van der Waals surface area (Å²) in [7, 11) is -2.93. The van der Waals surface area contributed by atoms with Gasteiger partial charge in [-0.25, -0.2) is 13.4 Å². The van der Waals surface area contributed by atoms with Gasteiger partial charge in [0, 0.05) is 31.1 Å². The summed E-state index contributed by atoms with van der Waals surface area (Å²) < 4.78 is 23.0. The number of piperidine rings is 1. The quantitative estimate of drug-likeness (QED) is 0.835. The Hall–Kier alpha value is -1.37. The minimum absolute atomic E-state index is 0.228. The molecular weight excluding hydrogens is 252 g/mol. The second-order valence-corrected chi connectivity index (χ2v) is 7.08. The largest absolute Gasteiger partial charge is 0.368 e. The van der Waals surface area contributed by atoms with Crippen molar-refractivity contribution in [1.82, 2.24) is 9.97 Å². The van der Waals surface area contributed by atoms with Crippen molar-refractivity contribution < 1.29 is 8.42 Å². The zero-order valence-electron chi connectivity index (χ0n) is 10.6. The summed E-state index contributed by atoms with van der Waals surface area (Å²) in [5.41, 5.74) is 6.55. The first-order valence-electron chi connectivity index (χ1n) is 5.91. The molecule has 2 N–H and O–H groups in total. The zero-order valence-corrected chi connectivity index (χ0v) is 11.4. The lowest BCUT2D eigenvalue weighted by molar-refractivity contribution is 0.531. The molecule has 0 bridgehead atoms. The average Bonchev–Trinajstić information content (AvgIpc) is 2.31. The lowest BCUT2D eigenvalue weighted by Crippen LogP contribution is -2.39. The Kier molecular flexibility index (Phi) is 3.43. The van der Waals surface area contributed by atoms with Crippen LogP contribution in [-0.4, -0.2) is 43.0 Å². The zero-order chi connectivity index (χ0) is 13.3. The second kappa shape index (κ2) is 4.72. The van der Waals surface area contributed by atoms with Gasteiger partial charge in [-0.15, -0.1) is 0 Å². The van der Waals surface area contributed by atoms with Crippen LogP contribution in [0, 0.1) is 6.92 Å². The van der Waals surface area contributed by atoms with Crippen LogP contribution in [0.15, 0.2) is 6.20 Å². The molecule has 1 saturated heterocycles. The van der Waals surface area contributed by atoms with Gasteiger partial charge in [0.15, 0.2) is 0 Å². The smallest absolute Gasteiger partial charge is 0.221 e. The van der Waals surface area contributed by atoms with Crippen molar-refractivity contribution in [3.05, 3.63) is 11.8 Å². The third-order valence-electron chi connectivity index (χ3n) is 3.31. The molecular formula is C11H18N4O2S. The van der Waals surface area contributed by atoms with Gasteiger partial charge in [-0.1, -0.05) is 0 Å². The van der Waals surface area contributed by atoms with E-state index in [0.717, 1.165) is 11.4 Å². The van der Waals surface area contributed by atoms with Crippen molar-refractivity contribution in [2.75, 3.05) is 30.0 Å². The first-order valence-corrected chi connectivity index (χ1v) is 7.86. The van der Waals surface area contributed by atoms with Gasteiger partial charge in [0.2, 0.25) is 5.95 Å². The Bertz CT molecular complexity index is 536. The molecule has 0 aliphatic carbocycles. The van der Waals surface area contributed by atoms with Crippen molar-refractivity contribution >= 4 is 21.6 Å². The number of sulfone groups is 1. The third kappa shape index (κ3) is 2.72. The number of aromatic nitrogens is 2. The van der Waals surface area contributed by atoms with E-state index >= 15 is 0 Å². The van der Waals surface area contributed by atoms with Crippen molar-refractivity contribution in [1.29, 1.82) is 0 Å². The van der Waals surface area contributed by atoms with E-state index in [1.165, 1.54) is 6.26 Å². The van der Waals surface area contributed by atoms with Gasteiger partial charge in [0.25, 0.3) is 0 Å². The van der Waals surface area contributed by atoms with E-state index in [1.807, 2.05) is 6.92 Å². The van der Waals surface area contributed by atoms with Crippen molar-refractivity contribution in [2.24, 2.45) is 0 Å². The van der Waals surface area contributed by atoms with E-state index in [9.17, 15) is 8.42 Å². The molecule has 0 amide bonds. The fourth-order valence-corrected chi connectivity index (χ4v) is 3.33. The summed E-state index contributed by atoms with van der Waals surface area (Å²) in [6.07, 6.45) is 4.28. The number of rotatable bonds is 2. The minimum Gasteiger partial charge on any atom is -0.368 e. The van der Waals surface area contributed by atoms with Gasteiger partial charge in [-0.2, -0.15) is 4.98 Å². The van der Waals surface area contributed by atoms with E-state index in [-0.39, 0.29) is 11.2 Å². The van der Waals surface area contributed by atoms with Crippen molar-refractivity contribution in [2.45, 2.75) is 25.0 Å². The molecule has 0 radical (unpaired) electrons. The molecule has 1 aromatic heterocycles. The molecule has 18 heavy (non-hydrogen) atoms. The van der Waals surface area contributed by atoms with Gasteiger partial charge in [-0.3, -0.25) is 0 Å². The van der Waals surface area contributed by atoms with Gasteiger partial charge >= 0.3 is 0 Å². The second-order valence-electron chi connectivity index (χ2n) is 4.75. The lowest BCUT2D eigenvalue weighted by atomic mass is 10.1. The fourth-order valence-electron chi connectivity index (χ4n) is 2.26. The number of hydrogen-bond acceptors (Lipinski definition) is 6. The fraction of sp³-hybridized carbons (Fsp3) is 0.636. The highest BCUT2D eigenvalue weighted by molar-refractivity contribution is 7.91. The molecule has 1 aromatic rings. The van der Waals surface area contributed by atoms with Crippen LogP contribution in [-0.2, 0) is 9.84 Å². The van der Waals surface area contributed by atoms with Crippen LogP contribution in [0.3, 0.4) is 0 Å². The molecule has 100 valence electrons. The van der Waals surface area contributed by atoms with Gasteiger partial charge in [0.1, 0.15) is 15.7 Å². The summed E-state index contributed by atoms with van der Waals surface area (Å²) in [4.78, 5) is 10.2. The Balaban J connectivity index is 2.12. The maximum absolute atomic E-state index is 11.5. The summed E-state index contributed by atoms with van der Waals surface area (Å²) in [6, 6.07) is 0. The normalized spacial score (nSPS) is 18.0. The molecule has 1 aliphatic rings. The molecule has 1 aliphatic heterocycles. The summed E-state index contributed by atoms with van der Waals surface area (Å²) in [5, 5.41) is -0.228. The highest BCUT2D eigenvalue weighted by Gasteiger charge is 2.27. The highest BCUT2D eigenvalue weighted by Crippen LogP contribution is 2.24. The molecule has 0 unspecified atom stereocenters. The Morgan fingerprint density at radius 2 is 2.00 bits per heavy atom. The van der Waals surface area contributed by atoms with E-state index in [4.69, 9.17) is 5.73 Å². The third-order valence-corrected chi connectivity index (χ3v) is 4.99. The number of nitrogen functional groups attached to an aromatic ring is 1. The Morgan fingerprint density at radius 3 is 2.56 bits per heavy atom. The van der Waals surface area contributed by atoms with Gasteiger partial charge in [-0.05, 0) is 19.8 Å². The highest BCUT2D eigenvalue weighted by atomic mass is 32.2. The van der Waals surface area contributed by atoms with Crippen molar-refractivity contribution in [3.8, 4) is 0 Å². The summed E-state index contributed by atoms with van der Waals surface area (Å²) >= 11 is 0. The van der Waals surface area contributed by atoms with Crippen LogP contribution < -0.4 is 10.6 Å². The van der Waals surface area contributed by atoms with Crippen LogP contribution in [0.2, 0.25) is 0 Å². The standard InChI is InChI=1S/C11H18N4O2S/c1-8-7-13-11(12)14-10(8)15-5-3-9(4-6-15)18(2,16)17/h7,9H,3-6H2,1-2H3,(H2,12,13,14). The number of anilines is 2. The predicted octanol–water partition coefficient (Wildman–Crippen LogP) is 0.381. The summed E-state index contributed by atoms with van der Waals surface area (Å²) in [5.74, 6) is 1.07. The summed E-state index contributed by atoms with van der Waals surface area (Å²) in [6.45, 7) is 3.31. The molecule has 0 aromatic carbocycles. The number of aryl methyl sites for hydroxylation is 1. The van der Waals surface area contributed by atoms with E-state index < -0.39 is 9.84 Å². The van der Waals surface area contributed by atoms with Gasteiger partial charge < -0.3 is 10.6 Å². The monoisotopic (exact) mass is 270 g/mol. The SMILES string of the molecule is Cc1cnc(N)nc1N1CCC(S(C)(=O)=O)CC1. The molecule has 1 fully saturated rings. The minimum atomic E-state index is -2.93. The van der Waals surface area contributed by atoms with Crippen LogP contribution >= 0.6 is 0 Å². The molecule has 0 spiro atoms. The first-order chi connectivity index (χ1) is 8.38. The van der Waals surface area contributed by atoms with E-state index in [2.05, 4.69) is 14.9 Å². The predicted molar refractivity (Wildman–Crippen MR) is 71.3 cm³/mol. The molecule has 2 rings (SSSR count). The Morgan fingerprint density at radius 1 is 1.39 bits per heavy atom. The van der Waals surface area contributed by atoms with Gasteiger partial charge in [0.05, 0.1) is 5.25 Å². The van der Waals surface area contributed by atoms with Crippen LogP contribution in [0.5, 0.6) is 0 Å². The van der Waals surface area contributed by atoms with Crippen molar-refractivity contribution in [3.63, 3.8) is 0 Å². The first kappa shape index (κ1) is 13.1. The number of nitrogens with two attached hydrogens (primary N) is 1. The molecule has 7 heteroatoms. The topological polar surface area (TPSA) is 89.2 Å². The number of nitrogens with zero attached hydrogens (tertiary/aromatic N) is 3. The van der Waals surface area contributed by atoms with E-state index in [1.54, 1.807) is 6.20 Å². The average molecular weight is 270 g/mol. The van der Waals surface area contributed by atoms with Crippen LogP contribution in [0.4, 0.5) is 11.8 Å².